The molecular formula is C15H23N. The fraction of sp³-hybridized carbons (Fsp3) is 0.600. The molecule has 1 aliphatic rings. The van der Waals surface area contributed by atoms with Crippen LogP contribution in [-0.2, 0) is 0 Å². The average Bonchev–Trinajstić information content (AvgIpc) is 2.67. The molecule has 0 aromatic heterocycles. The highest BCUT2D eigenvalue weighted by atomic mass is 14.7. The largest absolute Gasteiger partial charge is 0.324 e. The second-order valence-electron chi connectivity index (χ2n) is 5.38. The molecule has 0 spiro atoms. The van der Waals surface area contributed by atoms with Crippen molar-refractivity contribution in [3.8, 4) is 0 Å². The molecule has 2 N–H and O–H groups in total. The molecule has 1 nitrogen and oxygen atoms in total. The molecule has 1 aromatic carbocycles. The molecular weight excluding hydrogens is 194 g/mol. The number of benzene rings is 1. The first kappa shape index (κ1) is 11.7. The van der Waals surface area contributed by atoms with E-state index in [0.29, 0.717) is 5.92 Å². The van der Waals surface area contributed by atoms with E-state index in [-0.39, 0.29) is 6.04 Å². The molecule has 88 valence electrons. The lowest BCUT2D eigenvalue weighted by atomic mass is 9.86. The molecule has 0 bridgehead atoms. The van der Waals surface area contributed by atoms with Gasteiger partial charge in [-0.3, -0.25) is 0 Å². The fourth-order valence-corrected chi connectivity index (χ4v) is 3.27. The first-order chi connectivity index (χ1) is 7.59. The molecule has 1 saturated carbocycles. The smallest absolute Gasteiger partial charge is 0.0328 e. The molecule has 0 amide bonds. The van der Waals surface area contributed by atoms with Gasteiger partial charge in [-0.05, 0) is 56.2 Å². The number of aryl methyl sites for hydroxylation is 3. The maximum absolute atomic E-state index is 6.45. The lowest BCUT2D eigenvalue weighted by Crippen LogP contribution is -2.21. The van der Waals surface area contributed by atoms with Gasteiger partial charge in [0, 0.05) is 6.04 Å². The Kier molecular flexibility index (Phi) is 3.34. The van der Waals surface area contributed by atoms with E-state index in [2.05, 4.69) is 32.9 Å². The van der Waals surface area contributed by atoms with Crippen LogP contribution in [-0.4, -0.2) is 0 Å². The van der Waals surface area contributed by atoms with Crippen molar-refractivity contribution >= 4 is 0 Å². The van der Waals surface area contributed by atoms with Gasteiger partial charge in [0.25, 0.3) is 0 Å². The van der Waals surface area contributed by atoms with Crippen LogP contribution in [0.15, 0.2) is 12.1 Å². The quantitative estimate of drug-likeness (QED) is 0.801. The van der Waals surface area contributed by atoms with E-state index < -0.39 is 0 Å². The van der Waals surface area contributed by atoms with Crippen LogP contribution in [0.5, 0.6) is 0 Å². The summed E-state index contributed by atoms with van der Waals surface area (Å²) in [6, 6.07) is 4.77. The van der Waals surface area contributed by atoms with Crippen molar-refractivity contribution in [3.63, 3.8) is 0 Å². The van der Waals surface area contributed by atoms with E-state index in [1.54, 1.807) is 0 Å². The Labute approximate surface area is 99.0 Å². The van der Waals surface area contributed by atoms with Gasteiger partial charge in [0.05, 0.1) is 0 Å². The number of rotatable bonds is 2. The average molecular weight is 217 g/mol. The zero-order valence-electron chi connectivity index (χ0n) is 10.7. The van der Waals surface area contributed by atoms with Crippen LogP contribution in [0.3, 0.4) is 0 Å². The molecule has 0 saturated heterocycles. The van der Waals surface area contributed by atoms with E-state index in [1.807, 2.05) is 0 Å². The second-order valence-corrected chi connectivity index (χ2v) is 5.38. The minimum absolute atomic E-state index is 0.253. The minimum Gasteiger partial charge on any atom is -0.324 e. The van der Waals surface area contributed by atoms with E-state index in [9.17, 15) is 0 Å². The topological polar surface area (TPSA) is 26.0 Å². The normalized spacial score (nSPS) is 19.0. The molecule has 2 rings (SSSR count). The zero-order chi connectivity index (χ0) is 11.7. The van der Waals surface area contributed by atoms with E-state index in [4.69, 9.17) is 5.73 Å². The highest BCUT2D eigenvalue weighted by Crippen LogP contribution is 2.36. The molecule has 1 aromatic rings. The summed E-state index contributed by atoms with van der Waals surface area (Å²) in [5, 5.41) is 0. The zero-order valence-corrected chi connectivity index (χ0v) is 10.7. The van der Waals surface area contributed by atoms with Crippen LogP contribution in [0, 0.1) is 26.7 Å². The van der Waals surface area contributed by atoms with Crippen LogP contribution >= 0.6 is 0 Å². The predicted molar refractivity (Wildman–Crippen MR) is 69.5 cm³/mol. The van der Waals surface area contributed by atoms with Gasteiger partial charge in [-0.1, -0.05) is 30.5 Å². The summed E-state index contributed by atoms with van der Waals surface area (Å²) in [7, 11) is 0. The van der Waals surface area contributed by atoms with Gasteiger partial charge in [-0.15, -0.1) is 0 Å². The third kappa shape index (κ3) is 2.15. The fourth-order valence-electron chi connectivity index (χ4n) is 3.27. The molecule has 1 atom stereocenters. The number of nitrogens with two attached hydrogens (primary N) is 1. The Morgan fingerprint density at radius 2 is 1.56 bits per heavy atom. The van der Waals surface area contributed by atoms with E-state index >= 15 is 0 Å². The first-order valence-corrected chi connectivity index (χ1v) is 6.43. The maximum Gasteiger partial charge on any atom is 0.0328 e. The predicted octanol–water partition coefficient (Wildman–Crippen LogP) is 3.80. The summed E-state index contributed by atoms with van der Waals surface area (Å²) < 4.78 is 0. The molecule has 0 radical (unpaired) electrons. The number of hydrogen-bond acceptors (Lipinski definition) is 1. The summed E-state index contributed by atoms with van der Waals surface area (Å²) in [4.78, 5) is 0. The standard InChI is InChI=1S/C15H23N/c1-10-8-11(2)14(12(3)9-10)15(16)13-6-4-5-7-13/h8-9,13,15H,4-7,16H2,1-3H3/t15-/m1/s1. The summed E-state index contributed by atoms with van der Waals surface area (Å²) >= 11 is 0. The maximum atomic E-state index is 6.45. The second kappa shape index (κ2) is 4.58. The Balaban J connectivity index is 2.31. The molecule has 1 fully saturated rings. The van der Waals surface area contributed by atoms with Crippen LogP contribution in [0.2, 0.25) is 0 Å². The SMILES string of the molecule is Cc1cc(C)c([C@H](N)C2CCCC2)c(C)c1. The van der Waals surface area contributed by atoms with Crippen LogP contribution < -0.4 is 5.73 Å². The monoisotopic (exact) mass is 217 g/mol. The first-order valence-electron chi connectivity index (χ1n) is 6.43. The summed E-state index contributed by atoms with van der Waals surface area (Å²) in [6.45, 7) is 6.55. The van der Waals surface area contributed by atoms with Crippen molar-refractivity contribution in [1.29, 1.82) is 0 Å². The van der Waals surface area contributed by atoms with Gasteiger partial charge in [-0.2, -0.15) is 0 Å². The van der Waals surface area contributed by atoms with E-state index in [0.717, 1.165) is 0 Å². The summed E-state index contributed by atoms with van der Waals surface area (Å²) in [5.41, 5.74) is 11.9. The molecule has 0 unspecified atom stereocenters. The minimum atomic E-state index is 0.253. The molecule has 1 heteroatoms. The van der Waals surface area contributed by atoms with Crippen LogP contribution in [0.1, 0.15) is 54.0 Å². The van der Waals surface area contributed by atoms with E-state index in [1.165, 1.54) is 47.9 Å². The summed E-state index contributed by atoms with van der Waals surface area (Å²) in [5.74, 6) is 0.708. The van der Waals surface area contributed by atoms with Crippen molar-refractivity contribution in [2.75, 3.05) is 0 Å². The Hall–Kier alpha value is -0.820. The third-order valence-corrected chi connectivity index (χ3v) is 3.98. The number of hydrogen-bond donors (Lipinski definition) is 1. The van der Waals surface area contributed by atoms with Gasteiger partial charge in [-0.25, -0.2) is 0 Å². The third-order valence-electron chi connectivity index (χ3n) is 3.98. The van der Waals surface area contributed by atoms with Gasteiger partial charge in [0.15, 0.2) is 0 Å². The van der Waals surface area contributed by atoms with Gasteiger partial charge < -0.3 is 5.73 Å². The molecule has 0 aliphatic heterocycles. The molecule has 16 heavy (non-hydrogen) atoms. The highest BCUT2D eigenvalue weighted by Gasteiger charge is 2.25. The lowest BCUT2D eigenvalue weighted by molar-refractivity contribution is 0.442. The van der Waals surface area contributed by atoms with Crippen molar-refractivity contribution in [2.45, 2.75) is 52.5 Å². The van der Waals surface area contributed by atoms with Crippen molar-refractivity contribution in [3.05, 3.63) is 34.4 Å². The van der Waals surface area contributed by atoms with Crippen LogP contribution in [0.4, 0.5) is 0 Å². The van der Waals surface area contributed by atoms with Gasteiger partial charge in [0.1, 0.15) is 0 Å². The van der Waals surface area contributed by atoms with Crippen molar-refractivity contribution in [1.82, 2.24) is 0 Å². The Morgan fingerprint density at radius 1 is 1.06 bits per heavy atom. The molecule has 1 aliphatic carbocycles. The van der Waals surface area contributed by atoms with Gasteiger partial charge >= 0.3 is 0 Å². The van der Waals surface area contributed by atoms with Crippen molar-refractivity contribution in [2.24, 2.45) is 11.7 Å². The van der Waals surface area contributed by atoms with Crippen LogP contribution in [0.25, 0.3) is 0 Å². The van der Waals surface area contributed by atoms with Gasteiger partial charge in [0.2, 0.25) is 0 Å². The Morgan fingerprint density at radius 3 is 2.06 bits per heavy atom. The van der Waals surface area contributed by atoms with Crippen molar-refractivity contribution < 1.29 is 0 Å². The summed E-state index contributed by atoms with van der Waals surface area (Å²) in [6.07, 6.45) is 5.35. The lowest BCUT2D eigenvalue weighted by Gasteiger charge is -2.23. The highest BCUT2D eigenvalue weighted by molar-refractivity contribution is 5.39. The molecule has 0 heterocycles. The Bertz CT molecular complexity index is 352.